The van der Waals surface area contributed by atoms with E-state index >= 15 is 0 Å². The van der Waals surface area contributed by atoms with Crippen LogP contribution in [0.5, 0.6) is 0 Å². The topological polar surface area (TPSA) is 32.8 Å². The number of aliphatic hydroxyl groups is 1. The lowest BCUT2D eigenvalue weighted by molar-refractivity contribution is 0.173. The van der Waals surface area contributed by atoms with E-state index < -0.39 is 0 Å². The van der Waals surface area contributed by atoms with E-state index in [2.05, 4.69) is 12.1 Å². The average Bonchev–Trinajstić information content (AvgIpc) is 3.34. The number of benzene rings is 2. The molecule has 0 aromatic heterocycles. The van der Waals surface area contributed by atoms with Crippen molar-refractivity contribution in [2.75, 3.05) is 6.61 Å². The maximum Gasteiger partial charge on any atom is 0.106 e. The van der Waals surface area contributed by atoms with E-state index in [1.54, 1.807) is 0 Å². The van der Waals surface area contributed by atoms with Crippen LogP contribution in [-0.2, 0) is 4.74 Å². The predicted molar refractivity (Wildman–Crippen MR) is 76.8 cm³/mol. The van der Waals surface area contributed by atoms with Gasteiger partial charge in [-0.2, -0.15) is 0 Å². The van der Waals surface area contributed by atoms with Crippen LogP contribution < -0.4 is 0 Å². The lowest BCUT2D eigenvalue weighted by Gasteiger charge is -2.05. The fraction of sp³-hybridized carbons (Fsp3) is 0.294. The van der Waals surface area contributed by atoms with Gasteiger partial charge in [0.05, 0.1) is 12.7 Å². The number of epoxide rings is 1. The third kappa shape index (κ3) is 4.51. The number of aliphatic hydroxyl groups excluding tert-OH is 1. The molecular weight excluding hydrogens is 236 g/mol. The molecule has 0 bridgehead atoms. The van der Waals surface area contributed by atoms with Gasteiger partial charge in [0.25, 0.3) is 0 Å². The fourth-order valence-corrected chi connectivity index (χ4v) is 1.82. The van der Waals surface area contributed by atoms with Gasteiger partial charge >= 0.3 is 0 Å². The van der Waals surface area contributed by atoms with E-state index in [0.717, 1.165) is 18.6 Å². The number of ether oxygens (including phenoxy) is 1. The van der Waals surface area contributed by atoms with Crippen LogP contribution in [0.3, 0.4) is 0 Å². The Labute approximate surface area is 114 Å². The molecule has 0 spiro atoms. The molecule has 1 aliphatic heterocycles. The first-order valence-electron chi connectivity index (χ1n) is 6.70. The van der Waals surface area contributed by atoms with E-state index in [9.17, 15) is 5.11 Å². The molecule has 19 heavy (non-hydrogen) atoms. The largest absolute Gasteiger partial charge is 0.388 e. The summed E-state index contributed by atoms with van der Waals surface area (Å²) in [5, 5.41) is 9.33. The van der Waals surface area contributed by atoms with Gasteiger partial charge in [-0.25, -0.2) is 0 Å². The van der Waals surface area contributed by atoms with Gasteiger partial charge in [-0.05, 0) is 17.5 Å². The van der Waals surface area contributed by atoms with E-state index in [1.165, 1.54) is 5.56 Å². The van der Waals surface area contributed by atoms with Gasteiger partial charge in [-0.1, -0.05) is 67.6 Å². The van der Waals surface area contributed by atoms with Crippen LogP contribution in [0, 0.1) is 0 Å². The van der Waals surface area contributed by atoms with Crippen molar-refractivity contribution < 1.29 is 9.84 Å². The first-order valence-corrected chi connectivity index (χ1v) is 6.70. The van der Waals surface area contributed by atoms with Crippen LogP contribution in [0.1, 0.15) is 36.7 Å². The molecule has 1 aliphatic rings. The van der Waals surface area contributed by atoms with Crippen molar-refractivity contribution >= 4 is 0 Å². The molecule has 1 fully saturated rings. The van der Waals surface area contributed by atoms with Crippen LogP contribution in [0.4, 0.5) is 0 Å². The summed E-state index contributed by atoms with van der Waals surface area (Å²) in [7, 11) is 0. The summed E-state index contributed by atoms with van der Waals surface area (Å²) in [6, 6.07) is 20.0. The molecular formula is C17H20O2. The van der Waals surface area contributed by atoms with Gasteiger partial charge in [0.1, 0.15) is 6.10 Å². The van der Waals surface area contributed by atoms with Gasteiger partial charge in [0.2, 0.25) is 0 Å². The lowest BCUT2D eigenvalue weighted by atomic mass is 10.1. The Hall–Kier alpha value is -1.64. The normalized spacial score (nSPS) is 18.1. The van der Waals surface area contributed by atoms with Gasteiger partial charge in [0, 0.05) is 0 Å². The standard InChI is InChI=1S/C9H12O.C8H8O/c1-2-9(10)8-6-4-3-5-7-8;1-2-4-7(5-3-1)8-6-9-8/h3-7,9-10H,2H2,1H3;1-5,8H,6H2/t9-;/m1./s1. The zero-order chi connectivity index (χ0) is 13.5. The fourth-order valence-electron chi connectivity index (χ4n) is 1.82. The Morgan fingerprint density at radius 1 is 1.05 bits per heavy atom. The van der Waals surface area contributed by atoms with E-state index in [-0.39, 0.29) is 6.10 Å². The molecule has 100 valence electrons. The van der Waals surface area contributed by atoms with E-state index in [4.69, 9.17) is 4.74 Å². The Morgan fingerprint density at radius 2 is 1.58 bits per heavy atom. The van der Waals surface area contributed by atoms with Crippen molar-refractivity contribution in [1.29, 1.82) is 0 Å². The second kappa shape index (κ2) is 7.07. The maximum atomic E-state index is 9.33. The molecule has 2 aromatic rings. The molecule has 1 unspecified atom stereocenters. The quantitative estimate of drug-likeness (QED) is 0.845. The summed E-state index contributed by atoms with van der Waals surface area (Å²) in [5.41, 5.74) is 2.31. The zero-order valence-electron chi connectivity index (χ0n) is 11.2. The van der Waals surface area contributed by atoms with Crippen LogP contribution in [-0.4, -0.2) is 11.7 Å². The summed E-state index contributed by atoms with van der Waals surface area (Å²) in [6.07, 6.45) is 0.900. The van der Waals surface area contributed by atoms with Crippen molar-refractivity contribution in [3.8, 4) is 0 Å². The smallest absolute Gasteiger partial charge is 0.106 e. The third-order valence-electron chi connectivity index (χ3n) is 3.08. The summed E-state index contributed by atoms with van der Waals surface area (Å²) in [4.78, 5) is 0. The number of rotatable bonds is 3. The molecule has 2 heteroatoms. The zero-order valence-corrected chi connectivity index (χ0v) is 11.2. The number of hydrogen-bond acceptors (Lipinski definition) is 2. The van der Waals surface area contributed by atoms with Crippen LogP contribution in [0.15, 0.2) is 60.7 Å². The maximum absolute atomic E-state index is 9.33. The Bertz CT molecular complexity index is 463. The third-order valence-corrected chi connectivity index (χ3v) is 3.08. The van der Waals surface area contributed by atoms with Crippen molar-refractivity contribution in [3.63, 3.8) is 0 Å². The SMILES string of the molecule is CC[C@@H](O)c1ccccc1.c1ccc(C2CO2)cc1. The summed E-state index contributed by atoms with van der Waals surface area (Å²) in [5.74, 6) is 0. The minimum atomic E-state index is -0.291. The second-order valence-corrected chi connectivity index (χ2v) is 4.57. The molecule has 0 saturated carbocycles. The lowest BCUT2D eigenvalue weighted by Crippen LogP contribution is -1.93. The van der Waals surface area contributed by atoms with Gasteiger partial charge in [-0.15, -0.1) is 0 Å². The van der Waals surface area contributed by atoms with Crippen LogP contribution in [0.25, 0.3) is 0 Å². The summed E-state index contributed by atoms with van der Waals surface area (Å²) >= 11 is 0. The second-order valence-electron chi connectivity index (χ2n) is 4.57. The number of hydrogen-bond donors (Lipinski definition) is 1. The highest BCUT2D eigenvalue weighted by Gasteiger charge is 2.23. The Balaban J connectivity index is 0.000000141. The monoisotopic (exact) mass is 256 g/mol. The highest BCUT2D eigenvalue weighted by molar-refractivity contribution is 5.19. The molecule has 2 nitrogen and oxygen atoms in total. The molecule has 0 amide bonds. The molecule has 0 radical (unpaired) electrons. The summed E-state index contributed by atoms with van der Waals surface area (Å²) < 4.78 is 5.09. The van der Waals surface area contributed by atoms with Crippen molar-refractivity contribution in [2.45, 2.75) is 25.6 Å². The van der Waals surface area contributed by atoms with Crippen molar-refractivity contribution in [2.24, 2.45) is 0 Å². The summed E-state index contributed by atoms with van der Waals surface area (Å²) in [6.45, 7) is 2.88. The molecule has 0 aliphatic carbocycles. The highest BCUT2D eigenvalue weighted by Crippen LogP contribution is 2.28. The van der Waals surface area contributed by atoms with E-state index in [1.807, 2.05) is 55.5 Å². The minimum Gasteiger partial charge on any atom is -0.388 e. The predicted octanol–water partition coefficient (Wildman–Crippen LogP) is 3.89. The minimum absolute atomic E-state index is 0.291. The average molecular weight is 256 g/mol. The molecule has 1 heterocycles. The highest BCUT2D eigenvalue weighted by atomic mass is 16.6. The van der Waals surface area contributed by atoms with Crippen LogP contribution >= 0.6 is 0 Å². The molecule has 1 N–H and O–H groups in total. The Morgan fingerprint density at radius 3 is 2.05 bits per heavy atom. The molecule has 2 atom stereocenters. The molecule has 2 aromatic carbocycles. The molecule has 3 rings (SSSR count). The van der Waals surface area contributed by atoms with Crippen molar-refractivity contribution in [1.82, 2.24) is 0 Å². The van der Waals surface area contributed by atoms with Gasteiger partial charge in [0.15, 0.2) is 0 Å². The van der Waals surface area contributed by atoms with Crippen LogP contribution in [0.2, 0.25) is 0 Å². The van der Waals surface area contributed by atoms with Gasteiger partial charge in [-0.3, -0.25) is 0 Å². The first-order chi connectivity index (χ1) is 9.31. The Kier molecular flexibility index (Phi) is 5.13. The van der Waals surface area contributed by atoms with E-state index in [0.29, 0.717) is 6.10 Å². The molecule has 1 saturated heterocycles. The first kappa shape index (κ1) is 13.8. The van der Waals surface area contributed by atoms with Crippen molar-refractivity contribution in [3.05, 3.63) is 71.8 Å². The van der Waals surface area contributed by atoms with Gasteiger partial charge < -0.3 is 9.84 Å².